The third-order valence-electron chi connectivity index (χ3n) is 7.76. The van der Waals surface area contributed by atoms with Crippen molar-refractivity contribution in [1.29, 1.82) is 0 Å². The van der Waals surface area contributed by atoms with E-state index in [2.05, 4.69) is 78.0 Å². The van der Waals surface area contributed by atoms with Crippen LogP contribution in [0.3, 0.4) is 0 Å². The molecule has 34 heavy (non-hydrogen) atoms. The van der Waals surface area contributed by atoms with Crippen molar-refractivity contribution < 1.29 is 23.1 Å². The zero-order valence-electron chi connectivity index (χ0n) is 22.3. The minimum Gasteiger partial charge on any atom is -0.444 e. The molecule has 1 N–H and O–H groups in total. The van der Waals surface area contributed by atoms with Gasteiger partial charge in [-0.25, -0.2) is 9.59 Å². The molecule has 3 atom stereocenters. The lowest BCUT2D eigenvalue weighted by atomic mass is 10.2. The number of cyclic esters (lactones) is 1. The molecule has 0 aromatic carbocycles. The van der Waals surface area contributed by atoms with Gasteiger partial charge in [-0.3, -0.25) is 9.88 Å². The van der Waals surface area contributed by atoms with Gasteiger partial charge < -0.3 is 18.3 Å². The minimum atomic E-state index is -2.09. The van der Waals surface area contributed by atoms with Gasteiger partial charge in [-0.2, -0.15) is 4.98 Å². The van der Waals surface area contributed by atoms with Crippen LogP contribution in [0.15, 0.2) is 11.0 Å². The number of nitrogens with one attached hydrogen (secondary N) is 1. The maximum atomic E-state index is 12.8. The van der Waals surface area contributed by atoms with Crippen molar-refractivity contribution in [3.63, 3.8) is 0 Å². The molecule has 2 aliphatic rings. The van der Waals surface area contributed by atoms with Crippen LogP contribution >= 0.6 is 0 Å². The molecule has 0 bridgehead atoms. The molecule has 9 nitrogen and oxygen atoms in total. The van der Waals surface area contributed by atoms with Crippen LogP contribution in [-0.2, 0) is 24.9 Å². The van der Waals surface area contributed by atoms with Crippen molar-refractivity contribution in [2.75, 3.05) is 11.9 Å². The van der Waals surface area contributed by atoms with Gasteiger partial charge in [0.05, 0.1) is 12.7 Å². The van der Waals surface area contributed by atoms with Crippen molar-refractivity contribution in [2.45, 2.75) is 109 Å². The van der Waals surface area contributed by atoms with Crippen LogP contribution in [-0.4, -0.2) is 51.1 Å². The second-order valence-electron chi connectivity index (χ2n) is 12.4. The molecule has 0 radical (unpaired) electrons. The highest BCUT2D eigenvalue weighted by molar-refractivity contribution is 6.74. The number of carbonyl (C=O) groups is 1. The minimum absolute atomic E-state index is 0.0374. The number of fused-ring (bicyclic) bond motifs is 1. The summed E-state index contributed by atoms with van der Waals surface area (Å²) >= 11 is 0. The van der Waals surface area contributed by atoms with Gasteiger partial charge >= 0.3 is 11.8 Å². The highest BCUT2D eigenvalue weighted by Gasteiger charge is 2.47. The number of carbonyl (C=O) groups excluding carboxylic acids is 1. The molecule has 1 saturated heterocycles. The van der Waals surface area contributed by atoms with Gasteiger partial charge in [0.25, 0.3) is 0 Å². The predicted molar refractivity (Wildman–Crippen MR) is 136 cm³/mol. The fourth-order valence-corrected chi connectivity index (χ4v) is 5.79. The number of aromatic nitrogens is 2. The fourth-order valence-electron chi connectivity index (χ4n) is 3.41. The molecule has 1 fully saturated rings. The smallest absolute Gasteiger partial charge is 0.413 e. The molecule has 0 saturated carbocycles. The van der Waals surface area contributed by atoms with Crippen molar-refractivity contribution in [1.82, 2.24) is 9.55 Å². The third-order valence-corrected chi connectivity index (χ3v) is 16.8. The Kier molecular flexibility index (Phi) is 7.29. The molecule has 1 amide bonds. The van der Waals surface area contributed by atoms with Crippen LogP contribution in [0.2, 0.25) is 36.3 Å². The maximum Gasteiger partial charge on any atom is 0.413 e. The molecule has 192 valence electrons. The van der Waals surface area contributed by atoms with Gasteiger partial charge in [-0.05, 0) is 36.3 Å². The number of anilines is 1. The summed E-state index contributed by atoms with van der Waals surface area (Å²) in [5.74, 6) is 0.238. The highest BCUT2D eigenvalue weighted by atomic mass is 28.4. The Morgan fingerprint density at radius 2 is 1.71 bits per heavy atom. The van der Waals surface area contributed by atoms with E-state index in [1.165, 1.54) is 4.57 Å². The molecule has 11 heteroatoms. The Balaban J connectivity index is 1.87. The zero-order chi connectivity index (χ0) is 25.7. The molecule has 1 aromatic rings. The maximum absolute atomic E-state index is 12.8. The number of amides is 1. The lowest BCUT2D eigenvalue weighted by Crippen LogP contribution is -2.48. The van der Waals surface area contributed by atoms with Gasteiger partial charge in [-0.15, -0.1) is 0 Å². The second kappa shape index (κ2) is 9.16. The largest absolute Gasteiger partial charge is 0.444 e. The first kappa shape index (κ1) is 27.1. The number of hydrogen-bond donors (Lipinski definition) is 1. The molecule has 1 aromatic heterocycles. The van der Waals surface area contributed by atoms with Gasteiger partial charge in [0.1, 0.15) is 24.8 Å². The average molecular weight is 512 g/mol. The van der Waals surface area contributed by atoms with E-state index in [1.54, 1.807) is 6.20 Å². The van der Waals surface area contributed by atoms with Crippen LogP contribution in [0.25, 0.3) is 0 Å². The lowest BCUT2D eigenvalue weighted by Gasteiger charge is -2.40. The Morgan fingerprint density at radius 3 is 2.29 bits per heavy atom. The molecular weight excluding hydrogens is 470 g/mol. The Hall–Kier alpha value is -1.54. The molecule has 0 spiro atoms. The van der Waals surface area contributed by atoms with E-state index in [-0.39, 0.29) is 34.7 Å². The Morgan fingerprint density at radius 1 is 1.09 bits per heavy atom. The molecule has 3 heterocycles. The second-order valence-corrected chi connectivity index (χ2v) is 21.9. The van der Waals surface area contributed by atoms with Crippen LogP contribution in [0.1, 0.15) is 59.8 Å². The van der Waals surface area contributed by atoms with Crippen molar-refractivity contribution in [3.8, 4) is 0 Å². The Labute approximate surface area is 204 Å². The summed E-state index contributed by atoms with van der Waals surface area (Å²) in [4.78, 5) is 28.3. The molecule has 0 unspecified atom stereocenters. The van der Waals surface area contributed by atoms with E-state index in [1.807, 2.05) is 0 Å². The normalized spacial score (nSPS) is 23.9. The third kappa shape index (κ3) is 5.64. The predicted octanol–water partition coefficient (Wildman–Crippen LogP) is 5.01. The van der Waals surface area contributed by atoms with Gasteiger partial charge in [0.2, 0.25) is 0 Å². The molecule has 0 aliphatic carbocycles. The summed E-state index contributed by atoms with van der Waals surface area (Å²) in [5.41, 5.74) is 0.147. The molecule has 2 aliphatic heterocycles. The first-order chi connectivity index (χ1) is 15.4. The standard InChI is InChI=1S/C23H41N3O6Si2/c1-22(2,3)33(7,8)30-14-17-16(32-34(9,10)23(4,5)6)11-18(31-17)26-12-15-13-29-21(28)25-19(15)24-20(26)27/h12,16-18H,11,13-14H2,1-10H3,(H,24,25,27,28)/t16-,17+,18+/m0/s1. The monoisotopic (exact) mass is 511 g/mol. The topological polar surface area (TPSA) is 101 Å². The SMILES string of the molecule is CC(C)(C)[Si](C)(C)OC[C@H]1O[C@@H](n2cc3c(nc2=O)NC(=O)OC3)C[C@@H]1O[Si](C)(C)C(C)(C)C. The average Bonchev–Trinajstić information content (AvgIpc) is 3.05. The van der Waals surface area contributed by atoms with Crippen molar-refractivity contribution >= 4 is 28.5 Å². The zero-order valence-corrected chi connectivity index (χ0v) is 24.3. The van der Waals surface area contributed by atoms with E-state index in [0.29, 0.717) is 18.6 Å². The number of ether oxygens (including phenoxy) is 2. The van der Waals surface area contributed by atoms with E-state index in [9.17, 15) is 9.59 Å². The van der Waals surface area contributed by atoms with Gasteiger partial charge in [-0.1, -0.05) is 41.5 Å². The first-order valence-electron chi connectivity index (χ1n) is 11.9. The summed E-state index contributed by atoms with van der Waals surface area (Å²) in [5, 5.41) is 2.59. The summed E-state index contributed by atoms with van der Waals surface area (Å²) in [6, 6.07) is 0. The van der Waals surface area contributed by atoms with E-state index < -0.39 is 34.6 Å². The van der Waals surface area contributed by atoms with Crippen LogP contribution in [0.5, 0.6) is 0 Å². The summed E-state index contributed by atoms with van der Waals surface area (Å²) < 4.78 is 26.2. The summed E-state index contributed by atoms with van der Waals surface area (Å²) in [6.45, 7) is 22.6. The molecular formula is C23H41N3O6Si2. The molecule has 3 rings (SSSR count). The highest BCUT2D eigenvalue weighted by Crippen LogP contribution is 2.42. The quantitative estimate of drug-likeness (QED) is 0.536. The summed E-state index contributed by atoms with van der Waals surface area (Å²) in [7, 11) is -4.09. The van der Waals surface area contributed by atoms with Gasteiger partial charge in [0, 0.05) is 18.2 Å². The van der Waals surface area contributed by atoms with Crippen LogP contribution < -0.4 is 11.0 Å². The lowest BCUT2D eigenvalue weighted by molar-refractivity contribution is -0.0413. The fraction of sp³-hybridized carbons (Fsp3) is 0.783. The van der Waals surface area contributed by atoms with E-state index >= 15 is 0 Å². The number of hydrogen-bond acceptors (Lipinski definition) is 7. The van der Waals surface area contributed by atoms with Gasteiger partial charge in [0.15, 0.2) is 16.6 Å². The number of nitrogens with zero attached hydrogens (tertiary/aromatic N) is 2. The number of rotatable bonds is 6. The Bertz CT molecular complexity index is 980. The summed E-state index contributed by atoms with van der Waals surface area (Å²) in [6.07, 6.45) is 0.535. The van der Waals surface area contributed by atoms with E-state index in [4.69, 9.17) is 18.3 Å². The van der Waals surface area contributed by atoms with Crippen molar-refractivity contribution in [2.24, 2.45) is 0 Å². The van der Waals surface area contributed by atoms with E-state index in [0.717, 1.165) is 0 Å². The van der Waals surface area contributed by atoms with Crippen molar-refractivity contribution in [3.05, 3.63) is 22.2 Å². The first-order valence-corrected chi connectivity index (χ1v) is 17.8. The van der Waals surface area contributed by atoms with Crippen LogP contribution in [0.4, 0.5) is 10.6 Å². The van der Waals surface area contributed by atoms with Crippen LogP contribution in [0, 0.1) is 0 Å².